The van der Waals surface area contributed by atoms with Crippen LogP contribution in [-0.4, -0.2) is 50.8 Å². The minimum atomic E-state index is -0.240. The second-order valence-electron chi connectivity index (χ2n) is 7.24. The lowest BCUT2D eigenvalue weighted by molar-refractivity contribution is -0.128. The van der Waals surface area contributed by atoms with Crippen LogP contribution in [0.2, 0.25) is 0 Å². The molecule has 2 aromatic heterocycles. The van der Waals surface area contributed by atoms with Gasteiger partial charge in [-0.25, -0.2) is 4.98 Å². The average Bonchev–Trinajstić information content (AvgIpc) is 2.93. The van der Waals surface area contributed by atoms with Gasteiger partial charge in [0.05, 0.1) is 12.4 Å². The Hall–Kier alpha value is -2.17. The lowest BCUT2D eigenvalue weighted by Crippen LogP contribution is -2.33. The molecule has 7 nitrogen and oxygen atoms in total. The summed E-state index contributed by atoms with van der Waals surface area (Å²) >= 11 is 8.00. The van der Waals surface area contributed by atoms with E-state index in [4.69, 9.17) is 17.0 Å². The SMILES string of the molecule is CCOc1ccc(-n2c(=S)sc3c(=O)[nH]c(SCC(=O)N4CCCCCC4)nc32)cc1. The number of thiazole rings is 1. The summed E-state index contributed by atoms with van der Waals surface area (Å²) in [6.45, 7) is 4.14. The number of amides is 1. The third kappa shape index (κ3) is 5.02. The minimum absolute atomic E-state index is 0.0864. The van der Waals surface area contributed by atoms with Gasteiger partial charge in [0.25, 0.3) is 5.56 Å². The van der Waals surface area contributed by atoms with Gasteiger partial charge in [-0.1, -0.05) is 35.9 Å². The van der Waals surface area contributed by atoms with Crippen molar-refractivity contribution in [2.75, 3.05) is 25.4 Å². The van der Waals surface area contributed by atoms with Crippen LogP contribution in [-0.2, 0) is 4.79 Å². The molecule has 0 unspecified atom stereocenters. The molecule has 0 aliphatic carbocycles. The molecule has 1 aliphatic rings. The number of benzene rings is 1. The number of likely N-dealkylation sites (tertiary alicyclic amines) is 1. The zero-order valence-electron chi connectivity index (χ0n) is 17.3. The van der Waals surface area contributed by atoms with Gasteiger partial charge in [0.2, 0.25) is 5.91 Å². The van der Waals surface area contributed by atoms with Crippen LogP contribution in [0, 0.1) is 3.95 Å². The van der Waals surface area contributed by atoms with E-state index in [1.165, 1.54) is 35.9 Å². The molecule has 3 aromatic rings. The highest BCUT2D eigenvalue weighted by Crippen LogP contribution is 2.26. The Morgan fingerprint density at radius 3 is 2.61 bits per heavy atom. The van der Waals surface area contributed by atoms with Crippen molar-refractivity contribution >= 4 is 51.6 Å². The number of rotatable bonds is 6. The van der Waals surface area contributed by atoms with Gasteiger partial charge >= 0.3 is 0 Å². The van der Waals surface area contributed by atoms with Gasteiger partial charge in [-0.2, -0.15) is 0 Å². The number of H-pyrrole nitrogens is 1. The van der Waals surface area contributed by atoms with Gasteiger partial charge in [-0.15, -0.1) is 0 Å². The van der Waals surface area contributed by atoms with Crippen molar-refractivity contribution in [1.29, 1.82) is 0 Å². The van der Waals surface area contributed by atoms with Crippen LogP contribution in [0.5, 0.6) is 5.75 Å². The van der Waals surface area contributed by atoms with Crippen molar-refractivity contribution in [2.45, 2.75) is 37.8 Å². The fourth-order valence-corrected chi connectivity index (χ4v) is 5.62. The molecule has 1 aromatic carbocycles. The highest BCUT2D eigenvalue weighted by atomic mass is 32.2. The van der Waals surface area contributed by atoms with Gasteiger partial charge in [-0.3, -0.25) is 14.2 Å². The van der Waals surface area contributed by atoms with E-state index in [0.29, 0.717) is 26.1 Å². The smallest absolute Gasteiger partial charge is 0.271 e. The normalized spacial score (nSPS) is 14.5. The standard InChI is InChI=1S/C21H24N4O3S3/c1-2-28-15-9-7-14(8-10-15)25-18-17(31-21(25)29)19(27)23-20(22-18)30-13-16(26)24-11-5-3-4-6-12-24/h7-10H,2-6,11-13H2,1H3,(H,22,23,27). The van der Waals surface area contributed by atoms with Crippen molar-refractivity contribution in [3.63, 3.8) is 0 Å². The van der Waals surface area contributed by atoms with Crippen molar-refractivity contribution in [3.8, 4) is 11.4 Å². The second-order valence-corrected chi connectivity index (χ2v) is 9.85. The number of carbonyl (C=O) groups is 1. The molecule has 3 heterocycles. The first kappa shape index (κ1) is 22.0. The predicted octanol–water partition coefficient (Wildman–Crippen LogP) is 4.40. The predicted molar refractivity (Wildman–Crippen MR) is 127 cm³/mol. The first-order valence-electron chi connectivity index (χ1n) is 10.4. The molecule has 0 saturated carbocycles. The molecule has 1 aliphatic heterocycles. The topological polar surface area (TPSA) is 80.2 Å². The van der Waals surface area contributed by atoms with E-state index in [-0.39, 0.29) is 17.2 Å². The van der Waals surface area contributed by atoms with Crippen molar-refractivity contribution in [3.05, 3.63) is 38.6 Å². The van der Waals surface area contributed by atoms with Crippen LogP contribution in [0.25, 0.3) is 16.0 Å². The molecule has 1 saturated heterocycles. The number of hydrogen-bond acceptors (Lipinski definition) is 7. The lowest BCUT2D eigenvalue weighted by Gasteiger charge is -2.19. The molecular weight excluding hydrogens is 452 g/mol. The Morgan fingerprint density at radius 2 is 1.94 bits per heavy atom. The first-order chi connectivity index (χ1) is 15.1. The van der Waals surface area contributed by atoms with E-state index >= 15 is 0 Å². The third-order valence-electron chi connectivity index (χ3n) is 5.12. The van der Waals surface area contributed by atoms with Gasteiger partial charge in [0.1, 0.15) is 10.4 Å². The Morgan fingerprint density at radius 1 is 1.23 bits per heavy atom. The maximum Gasteiger partial charge on any atom is 0.271 e. The van der Waals surface area contributed by atoms with Crippen molar-refractivity contribution < 1.29 is 9.53 Å². The number of thioether (sulfide) groups is 1. The Kier molecular flexibility index (Phi) is 7.09. The van der Waals surface area contributed by atoms with Crippen molar-refractivity contribution in [2.24, 2.45) is 0 Å². The zero-order valence-corrected chi connectivity index (χ0v) is 19.7. The van der Waals surface area contributed by atoms with Crippen molar-refractivity contribution in [1.82, 2.24) is 19.4 Å². The van der Waals surface area contributed by atoms with E-state index in [1.807, 2.05) is 36.1 Å². The number of nitrogens with one attached hydrogen (secondary N) is 1. The zero-order chi connectivity index (χ0) is 21.8. The first-order valence-corrected chi connectivity index (χ1v) is 12.6. The summed E-state index contributed by atoms with van der Waals surface area (Å²) in [4.78, 5) is 34.6. The Bertz CT molecular complexity index is 1180. The number of ether oxygens (including phenoxy) is 1. The number of fused-ring (bicyclic) bond motifs is 1. The number of nitrogens with zero attached hydrogens (tertiary/aromatic N) is 3. The maximum atomic E-state index is 12.7. The largest absolute Gasteiger partial charge is 0.494 e. The minimum Gasteiger partial charge on any atom is -0.494 e. The molecule has 31 heavy (non-hydrogen) atoms. The highest BCUT2D eigenvalue weighted by Gasteiger charge is 2.18. The molecule has 0 spiro atoms. The number of aromatic amines is 1. The molecular formula is C21H24N4O3S3. The summed E-state index contributed by atoms with van der Waals surface area (Å²) in [6, 6.07) is 7.52. The molecule has 1 fully saturated rings. The van der Waals surface area contributed by atoms with Gasteiger partial charge in [0.15, 0.2) is 14.8 Å². The number of hydrogen-bond donors (Lipinski definition) is 1. The fraction of sp³-hybridized carbons (Fsp3) is 0.429. The monoisotopic (exact) mass is 476 g/mol. The van der Waals surface area contributed by atoms with E-state index in [1.54, 1.807) is 4.57 Å². The third-order valence-corrected chi connectivity index (χ3v) is 7.34. The summed E-state index contributed by atoms with van der Waals surface area (Å²) < 4.78 is 8.31. The highest BCUT2D eigenvalue weighted by molar-refractivity contribution is 7.99. The van der Waals surface area contributed by atoms with Crippen LogP contribution >= 0.6 is 35.3 Å². The molecule has 0 atom stereocenters. The van der Waals surface area contributed by atoms with E-state index in [0.717, 1.165) is 37.4 Å². The Labute approximate surface area is 193 Å². The summed E-state index contributed by atoms with van der Waals surface area (Å²) in [5.41, 5.74) is 1.08. The van der Waals surface area contributed by atoms with Gasteiger partial charge < -0.3 is 14.6 Å². The van der Waals surface area contributed by atoms with E-state index < -0.39 is 0 Å². The second kappa shape index (κ2) is 9.97. The quantitative estimate of drug-likeness (QED) is 0.323. The maximum absolute atomic E-state index is 12.7. The molecule has 1 N–H and O–H groups in total. The van der Waals surface area contributed by atoms with Crippen LogP contribution in [0.4, 0.5) is 0 Å². The molecule has 1 amide bonds. The summed E-state index contributed by atoms with van der Waals surface area (Å²) in [7, 11) is 0. The molecule has 4 rings (SSSR count). The van der Waals surface area contributed by atoms with Crippen LogP contribution in [0.3, 0.4) is 0 Å². The summed E-state index contributed by atoms with van der Waals surface area (Å²) in [5.74, 6) is 1.11. The lowest BCUT2D eigenvalue weighted by atomic mass is 10.2. The molecule has 0 bridgehead atoms. The summed E-state index contributed by atoms with van der Waals surface area (Å²) in [6.07, 6.45) is 4.46. The molecule has 0 radical (unpaired) electrons. The van der Waals surface area contributed by atoms with E-state index in [2.05, 4.69) is 9.97 Å². The number of aromatic nitrogens is 3. The van der Waals surface area contributed by atoms with Crippen LogP contribution in [0.15, 0.2) is 34.2 Å². The van der Waals surface area contributed by atoms with Gasteiger partial charge in [-0.05, 0) is 56.2 Å². The fourth-order valence-electron chi connectivity index (χ4n) is 3.59. The average molecular weight is 477 g/mol. The number of carbonyl (C=O) groups excluding carboxylic acids is 1. The van der Waals surface area contributed by atoms with Crippen LogP contribution < -0.4 is 10.3 Å². The Balaban J connectivity index is 1.60. The molecule has 164 valence electrons. The molecule has 10 heteroatoms. The van der Waals surface area contributed by atoms with Crippen LogP contribution in [0.1, 0.15) is 32.6 Å². The van der Waals surface area contributed by atoms with E-state index in [9.17, 15) is 9.59 Å². The van der Waals surface area contributed by atoms with Gasteiger partial charge in [0, 0.05) is 18.8 Å². The summed E-state index contributed by atoms with van der Waals surface area (Å²) in [5, 5.41) is 0.424.